The summed E-state index contributed by atoms with van der Waals surface area (Å²) in [6.45, 7) is 1.09. The van der Waals surface area contributed by atoms with E-state index in [1.54, 1.807) is 13.2 Å². The molecule has 2 aromatic rings. The van der Waals surface area contributed by atoms with Gasteiger partial charge in [0.05, 0.1) is 19.3 Å². The van der Waals surface area contributed by atoms with Crippen molar-refractivity contribution < 1.29 is 14.3 Å². The predicted molar refractivity (Wildman–Crippen MR) is 82.3 cm³/mol. The molecule has 0 aliphatic carbocycles. The van der Waals surface area contributed by atoms with Crippen molar-refractivity contribution in [3.8, 4) is 0 Å². The van der Waals surface area contributed by atoms with E-state index in [2.05, 4.69) is 5.32 Å². The number of hydrogen-bond donors (Lipinski definition) is 1. The summed E-state index contributed by atoms with van der Waals surface area (Å²) in [7, 11) is 3.06. The summed E-state index contributed by atoms with van der Waals surface area (Å²) >= 11 is 0. The van der Waals surface area contributed by atoms with Crippen molar-refractivity contribution in [1.29, 1.82) is 0 Å². The number of carbonyl (C=O) groups is 1. The quantitative estimate of drug-likeness (QED) is 0.828. The van der Waals surface area contributed by atoms with Crippen LogP contribution in [0, 0.1) is 0 Å². The summed E-state index contributed by atoms with van der Waals surface area (Å²) in [5.74, 6) is -0.322. The van der Waals surface area contributed by atoms with Crippen molar-refractivity contribution >= 4 is 11.7 Å². The van der Waals surface area contributed by atoms with Crippen LogP contribution < -0.4 is 5.32 Å². The van der Waals surface area contributed by atoms with Gasteiger partial charge in [0, 0.05) is 24.9 Å². The van der Waals surface area contributed by atoms with Crippen LogP contribution in [-0.4, -0.2) is 20.2 Å². The fourth-order valence-corrected chi connectivity index (χ4v) is 2.15. The standard InChI is InChI=1S/C17H19NO3/c1-20-12-14-8-4-6-10-16(14)18-11-13-7-3-5-9-15(13)17(19)21-2/h3-10,18H,11-12H2,1-2H3. The lowest BCUT2D eigenvalue weighted by Gasteiger charge is -2.13. The highest BCUT2D eigenvalue weighted by atomic mass is 16.5. The van der Waals surface area contributed by atoms with E-state index in [0.29, 0.717) is 18.7 Å². The lowest BCUT2D eigenvalue weighted by atomic mass is 10.1. The molecule has 0 saturated carbocycles. The van der Waals surface area contributed by atoms with Crippen molar-refractivity contribution in [3.63, 3.8) is 0 Å². The van der Waals surface area contributed by atoms with Crippen LogP contribution in [-0.2, 0) is 22.6 Å². The predicted octanol–water partition coefficient (Wildman–Crippen LogP) is 3.23. The molecule has 0 spiro atoms. The van der Waals surface area contributed by atoms with Gasteiger partial charge in [0.15, 0.2) is 0 Å². The van der Waals surface area contributed by atoms with Crippen LogP contribution in [0.5, 0.6) is 0 Å². The second-order valence-electron chi connectivity index (χ2n) is 4.59. The largest absolute Gasteiger partial charge is 0.465 e. The molecule has 0 aliphatic rings. The Balaban J connectivity index is 2.15. The molecule has 1 N–H and O–H groups in total. The molecule has 0 aromatic heterocycles. The molecule has 4 nitrogen and oxygen atoms in total. The van der Waals surface area contributed by atoms with E-state index in [4.69, 9.17) is 9.47 Å². The Hall–Kier alpha value is -2.33. The minimum atomic E-state index is -0.322. The first-order chi connectivity index (χ1) is 10.3. The van der Waals surface area contributed by atoms with Crippen molar-refractivity contribution in [1.82, 2.24) is 0 Å². The van der Waals surface area contributed by atoms with Gasteiger partial charge in [-0.05, 0) is 17.7 Å². The monoisotopic (exact) mass is 285 g/mol. The van der Waals surface area contributed by atoms with Crippen LogP contribution >= 0.6 is 0 Å². The van der Waals surface area contributed by atoms with Crippen LogP contribution in [0.15, 0.2) is 48.5 Å². The van der Waals surface area contributed by atoms with Crippen LogP contribution in [0.3, 0.4) is 0 Å². The molecule has 2 rings (SSSR count). The van der Waals surface area contributed by atoms with Crippen LogP contribution in [0.2, 0.25) is 0 Å². The smallest absolute Gasteiger partial charge is 0.338 e. The molecule has 4 heteroatoms. The average Bonchev–Trinajstić information content (AvgIpc) is 2.54. The second kappa shape index (κ2) is 7.45. The number of hydrogen-bond acceptors (Lipinski definition) is 4. The van der Waals surface area contributed by atoms with Crippen molar-refractivity contribution in [2.24, 2.45) is 0 Å². The van der Waals surface area contributed by atoms with Crippen LogP contribution in [0.1, 0.15) is 21.5 Å². The van der Waals surface area contributed by atoms with E-state index >= 15 is 0 Å². The lowest BCUT2D eigenvalue weighted by molar-refractivity contribution is 0.0599. The second-order valence-corrected chi connectivity index (χ2v) is 4.59. The molecule has 0 heterocycles. The maximum absolute atomic E-state index is 11.7. The molecule has 0 saturated heterocycles. The number of nitrogens with one attached hydrogen (secondary N) is 1. The normalized spacial score (nSPS) is 10.2. The Kier molecular flexibility index (Phi) is 5.35. The topological polar surface area (TPSA) is 47.6 Å². The lowest BCUT2D eigenvalue weighted by Crippen LogP contribution is -2.10. The first-order valence-corrected chi connectivity index (χ1v) is 6.73. The number of carbonyl (C=O) groups excluding carboxylic acids is 1. The van der Waals surface area contributed by atoms with Gasteiger partial charge in [0.2, 0.25) is 0 Å². The van der Waals surface area contributed by atoms with E-state index in [1.807, 2.05) is 42.5 Å². The van der Waals surface area contributed by atoms with Crippen LogP contribution in [0.4, 0.5) is 5.69 Å². The third-order valence-corrected chi connectivity index (χ3v) is 3.21. The fraction of sp³-hybridized carbons (Fsp3) is 0.235. The molecule has 0 bridgehead atoms. The number of methoxy groups -OCH3 is 2. The maximum atomic E-state index is 11.7. The summed E-state index contributed by atoms with van der Waals surface area (Å²) < 4.78 is 9.99. The van der Waals surface area contributed by atoms with Gasteiger partial charge in [-0.2, -0.15) is 0 Å². The molecule has 21 heavy (non-hydrogen) atoms. The van der Waals surface area contributed by atoms with Gasteiger partial charge >= 0.3 is 5.97 Å². The minimum absolute atomic E-state index is 0.322. The van der Waals surface area contributed by atoms with Gasteiger partial charge in [-0.25, -0.2) is 4.79 Å². The van der Waals surface area contributed by atoms with Gasteiger partial charge in [0.1, 0.15) is 0 Å². The average molecular weight is 285 g/mol. The highest BCUT2D eigenvalue weighted by molar-refractivity contribution is 5.91. The molecule has 0 fully saturated rings. The van der Waals surface area contributed by atoms with Gasteiger partial charge in [-0.15, -0.1) is 0 Å². The molecule has 0 atom stereocenters. The fourth-order valence-electron chi connectivity index (χ4n) is 2.15. The van der Waals surface area contributed by atoms with E-state index in [9.17, 15) is 4.79 Å². The first-order valence-electron chi connectivity index (χ1n) is 6.73. The zero-order valence-electron chi connectivity index (χ0n) is 12.3. The summed E-state index contributed by atoms with van der Waals surface area (Å²) in [6, 6.07) is 15.4. The van der Waals surface area contributed by atoms with Gasteiger partial charge < -0.3 is 14.8 Å². The number of para-hydroxylation sites is 1. The zero-order valence-corrected chi connectivity index (χ0v) is 12.3. The maximum Gasteiger partial charge on any atom is 0.338 e. The molecular weight excluding hydrogens is 266 g/mol. The Morgan fingerprint density at radius 2 is 1.67 bits per heavy atom. The van der Waals surface area contributed by atoms with Gasteiger partial charge in [-0.3, -0.25) is 0 Å². The minimum Gasteiger partial charge on any atom is -0.465 e. The molecule has 2 aromatic carbocycles. The molecule has 0 amide bonds. The third kappa shape index (κ3) is 3.83. The summed E-state index contributed by atoms with van der Waals surface area (Å²) in [5, 5.41) is 3.35. The van der Waals surface area contributed by atoms with Crippen molar-refractivity contribution in [2.75, 3.05) is 19.5 Å². The Morgan fingerprint density at radius 1 is 1.00 bits per heavy atom. The molecule has 0 aliphatic heterocycles. The van der Waals surface area contributed by atoms with Crippen molar-refractivity contribution in [3.05, 3.63) is 65.2 Å². The van der Waals surface area contributed by atoms with Crippen LogP contribution in [0.25, 0.3) is 0 Å². The van der Waals surface area contributed by atoms with E-state index < -0.39 is 0 Å². The third-order valence-electron chi connectivity index (χ3n) is 3.21. The Morgan fingerprint density at radius 3 is 2.38 bits per heavy atom. The molecular formula is C17H19NO3. The molecule has 110 valence electrons. The van der Waals surface area contributed by atoms with E-state index in [1.165, 1.54) is 7.11 Å². The first kappa shape index (κ1) is 15.1. The highest BCUT2D eigenvalue weighted by Crippen LogP contribution is 2.18. The number of anilines is 1. The van der Waals surface area contributed by atoms with E-state index in [-0.39, 0.29) is 5.97 Å². The number of esters is 1. The van der Waals surface area contributed by atoms with Gasteiger partial charge in [-0.1, -0.05) is 36.4 Å². The molecule has 0 radical (unpaired) electrons. The summed E-state index contributed by atoms with van der Waals surface area (Å²) in [4.78, 5) is 11.7. The Bertz CT molecular complexity index is 610. The van der Waals surface area contributed by atoms with Crippen molar-refractivity contribution in [2.45, 2.75) is 13.2 Å². The summed E-state index contributed by atoms with van der Waals surface area (Å²) in [5.41, 5.74) is 3.56. The van der Waals surface area contributed by atoms with E-state index in [0.717, 1.165) is 16.8 Å². The number of rotatable bonds is 6. The van der Waals surface area contributed by atoms with Gasteiger partial charge in [0.25, 0.3) is 0 Å². The number of ether oxygens (including phenoxy) is 2. The summed E-state index contributed by atoms with van der Waals surface area (Å²) in [6.07, 6.45) is 0. The zero-order chi connectivity index (χ0) is 15.1. The highest BCUT2D eigenvalue weighted by Gasteiger charge is 2.11. The Labute approximate surface area is 124 Å². The SMILES string of the molecule is COCc1ccccc1NCc1ccccc1C(=O)OC. The molecule has 0 unspecified atom stereocenters. The number of benzene rings is 2.